The molecule has 27 heavy (non-hydrogen) atoms. The molecule has 1 aromatic heterocycles. The smallest absolute Gasteiger partial charge is 0.243 e. The highest BCUT2D eigenvalue weighted by Crippen LogP contribution is 2.23. The maximum Gasteiger partial charge on any atom is 0.243 e. The number of amides is 1. The van der Waals surface area contributed by atoms with E-state index in [1.165, 1.54) is 4.31 Å². The minimum Gasteiger partial charge on any atom is -0.340 e. The summed E-state index contributed by atoms with van der Waals surface area (Å²) in [4.78, 5) is 15.5. The molecule has 146 valence electrons. The van der Waals surface area contributed by atoms with Gasteiger partial charge in [-0.25, -0.2) is 8.42 Å². The first-order valence-electron chi connectivity index (χ1n) is 9.32. The van der Waals surface area contributed by atoms with Crippen molar-refractivity contribution in [2.75, 3.05) is 26.2 Å². The highest BCUT2D eigenvalue weighted by atomic mass is 32.2. The molecule has 1 amide bonds. The zero-order valence-electron chi connectivity index (χ0n) is 15.8. The largest absolute Gasteiger partial charge is 0.340 e. The number of hydrogen-bond donors (Lipinski definition) is 0. The van der Waals surface area contributed by atoms with E-state index in [4.69, 9.17) is 0 Å². The fraction of sp³-hybridized carbons (Fsp3) is 0.450. The van der Waals surface area contributed by atoms with E-state index in [2.05, 4.69) is 13.8 Å². The van der Waals surface area contributed by atoms with Gasteiger partial charge in [0, 0.05) is 31.1 Å². The summed E-state index contributed by atoms with van der Waals surface area (Å²) in [6.07, 6.45) is 1.41. The van der Waals surface area contributed by atoms with Crippen molar-refractivity contribution in [1.82, 2.24) is 9.21 Å². The van der Waals surface area contributed by atoms with Gasteiger partial charge in [-0.2, -0.15) is 4.31 Å². The van der Waals surface area contributed by atoms with Crippen LogP contribution < -0.4 is 0 Å². The van der Waals surface area contributed by atoms with Crippen molar-refractivity contribution in [3.8, 4) is 0 Å². The van der Waals surface area contributed by atoms with Crippen molar-refractivity contribution in [2.24, 2.45) is 0 Å². The summed E-state index contributed by atoms with van der Waals surface area (Å²) < 4.78 is 27.3. The summed E-state index contributed by atoms with van der Waals surface area (Å²) in [5, 5.41) is 1.96. The van der Waals surface area contributed by atoms with E-state index in [1.807, 2.05) is 29.6 Å². The Balaban J connectivity index is 1.61. The summed E-state index contributed by atoms with van der Waals surface area (Å²) in [7, 11) is -3.51. The third-order valence-corrected chi connectivity index (χ3v) is 7.99. The summed E-state index contributed by atoms with van der Waals surface area (Å²) in [5.74, 6) is 0.479. The molecular weight excluding hydrogens is 380 g/mol. The van der Waals surface area contributed by atoms with Crippen molar-refractivity contribution >= 4 is 27.3 Å². The Morgan fingerprint density at radius 2 is 1.78 bits per heavy atom. The number of piperazine rings is 1. The van der Waals surface area contributed by atoms with Gasteiger partial charge in [-0.05, 0) is 41.5 Å². The average Bonchev–Trinajstić information content (AvgIpc) is 3.20. The van der Waals surface area contributed by atoms with Crippen molar-refractivity contribution in [3.05, 3.63) is 52.2 Å². The molecule has 5 nitrogen and oxygen atoms in total. The van der Waals surface area contributed by atoms with Gasteiger partial charge in [-0.15, -0.1) is 11.3 Å². The molecular formula is C20H26N2O3S2. The molecule has 2 heterocycles. The summed E-state index contributed by atoms with van der Waals surface area (Å²) in [6.45, 7) is 5.81. The van der Waals surface area contributed by atoms with E-state index in [-0.39, 0.29) is 5.91 Å². The van der Waals surface area contributed by atoms with Crippen molar-refractivity contribution in [2.45, 2.75) is 37.5 Å². The van der Waals surface area contributed by atoms with Crippen LogP contribution in [0.1, 0.15) is 36.6 Å². The van der Waals surface area contributed by atoms with Gasteiger partial charge in [-0.1, -0.05) is 32.0 Å². The Bertz CT molecular complexity index is 853. The predicted octanol–water partition coefficient (Wildman–Crippen LogP) is 3.34. The monoisotopic (exact) mass is 406 g/mol. The van der Waals surface area contributed by atoms with Gasteiger partial charge in [0.2, 0.25) is 15.9 Å². The van der Waals surface area contributed by atoms with Gasteiger partial charge < -0.3 is 4.90 Å². The standard InChI is InChI=1S/C20H26N2O3S2/c1-3-16(2)17-6-8-19(9-7-17)27(24,25)22-12-10-21(11-13-22)20(23)15-18-5-4-14-26-18/h4-9,14,16H,3,10-13,15H2,1-2H3. The molecule has 1 fully saturated rings. The number of sulfonamides is 1. The summed E-state index contributed by atoms with van der Waals surface area (Å²) in [5.41, 5.74) is 1.15. The Morgan fingerprint density at radius 1 is 1.11 bits per heavy atom. The SMILES string of the molecule is CCC(C)c1ccc(S(=O)(=O)N2CCN(C(=O)Cc3cccs3)CC2)cc1. The Hall–Kier alpha value is -1.70. The minimum atomic E-state index is -3.51. The fourth-order valence-corrected chi connectivity index (χ4v) is 5.32. The third-order valence-electron chi connectivity index (χ3n) is 5.20. The molecule has 1 aliphatic heterocycles. The van der Waals surface area contributed by atoms with Crippen LogP contribution in [0.25, 0.3) is 0 Å². The quantitative estimate of drug-likeness (QED) is 0.739. The molecule has 0 saturated carbocycles. The zero-order valence-corrected chi connectivity index (χ0v) is 17.4. The van der Waals surface area contributed by atoms with Crippen LogP contribution in [-0.4, -0.2) is 49.7 Å². The van der Waals surface area contributed by atoms with Crippen LogP contribution in [0.4, 0.5) is 0 Å². The fourth-order valence-electron chi connectivity index (χ4n) is 3.20. The first-order valence-corrected chi connectivity index (χ1v) is 11.6. The van der Waals surface area contributed by atoms with E-state index in [0.29, 0.717) is 43.4 Å². The van der Waals surface area contributed by atoms with E-state index < -0.39 is 10.0 Å². The lowest BCUT2D eigenvalue weighted by atomic mass is 9.99. The van der Waals surface area contributed by atoms with Crippen molar-refractivity contribution in [3.63, 3.8) is 0 Å². The number of rotatable bonds is 6. The van der Waals surface area contributed by atoms with Crippen molar-refractivity contribution < 1.29 is 13.2 Å². The molecule has 1 unspecified atom stereocenters. The normalized spacial score (nSPS) is 17.0. The number of nitrogens with zero attached hydrogens (tertiary/aromatic N) is 2. The second-order valence-electron chi connectivity index (χ2n) is 6.92. The Kier molecular flexibility index (Phi) is 6.34. The molecule has 1 saturated heterocycles. The highest BCUT2D eigenvalue weighted by Gasteiger charge is 2.30. The second-order valence-corrected chi connectivity index (χ2v) is 9.89. The minimum absolute atomic E-state index is 0.0624. The molecule has 2 aromatic rings. The molecule has 0 aliphatic carbocycles. The van der Waals surface area contributed by atoms with Crippen LogP contribution in [-0.2, 0) is 21.2 Å². The van der Waals surface area contributed by atoms with Crippen LogP contribution in [0, 0.1) is 0 Å². The second kappa shape index (κ2) is 8.54. The molecule has 0 spiro atoms. The van der Waals surface area contributed by atoms with Gasteiger partial charge >= 0.3 is 0 Å². The van der Waals surface area contributed by atoms with Crippen LogP contribution in [0.5, 0.6) is 0 Å². The molecule has 3 rings (SSSR count). The summed E-state index contributed by atoms with van der Waals surface area (Å²) in [6, 6.07) is 11.1. The molecule has 0 radical (unpaired) electrons. The Labute approximate surface area is 165 Å². The van der Waals surface area contributed by atoms with Gasteiger partial charge in [0.1, 0.15) is 0 Å². The van der Waals surface area contributed by atoms with E-state index in [1.54, 1.807) is 28.4 Å². The van der Waals surface area contributed by atoms with Crippen molar-refractivity contribution in [1.29, 1.82) is 0 Å². The van der Waals surface area contributed by atoms with Crippen LogP contribution in [0.15, 0.2) is 46.7 Å². The molecule has 1 aliphatic rings. The molecule has 0 N–H and O–H groups in total. The lowest BCUT2D eigenvalue weighted by Gasteiger charge is -2.34. The third kappa shape index (κ3) is 4.59. The lowest BCUT2D eigenvalue weighted by molar-refractivity contribution is -0.131. The molecule has 0 bridgehead atoms. The maximum absolute atomic E-state index is 12.9. The summed E-state index contributed by atoms with van der Waals surface area (Å²) >= 11 is 1.57. The van der Waals surface area contributed by atoms with Gasteiger partial charge in [0.05, 0.1) is 11.3 Å². The van der Waals surface area contributed by atoms with E-state index in [9.17, 15) is 13.2 Å². The van der Waals surface area contributed by atoms with E-state index in [0.717, 1.165) is 16.9 Å². The van der Waals surface area contributed by atoms with Crippen LogP contribution in [0.3, 0.4) is 0 Å². The van der Waals surface area contributed by atoms with Gasteiger partial charge in [0.15, 0.2) is 0 Å². The topological polar surface area (TPSA) is 57.7 Å². The van der Waals surface area contributed by atoms with Crippen LogP contribution in [0.2, 0.25) is 0 Å². The van der Waals surface area contributed by atoms with E-state index >= 15 is 0 Å². The zero-order chi connectivity index (χ0) is 19.4. The van der Waals surface area contributed by atoms with Gasteiger partial charge in [0.25, 0.3) is 0 Å². The molecule has 1 atom stereocenters. The predicted molar refractivity (Wildman–Crippen MR) is 109 cm³/mol. The molecule has 7 heteroatoms. The number of thiophene rings is 1. The number of hydrogen-bond acceptors (Lipinski definition) is 4. The number of benzene rings is 1. The number of carbonyl (C=O) groups excluding carboxylic acids is 1. The van der Waals surface area contributed by atoms with Crippen LogP contribution >= 0.6 is 11.3 Å². The average molecular weight is 407 g/mol. The molecule has 1 aromatic carbocycles. The Morgan fingerprint density at radius 3 is 2.33 bits per heavy atom. The maximum atomic E-state index is 12.9. The lowest BCUT2D eigenvalue weighted by Crippen LogP contribution is -2.50. The first-order chi connectivity index (χ1) is 12.9. The van der Waals surface area contributed by atoms with Gasteiger partial charge in [-0.3, -0.25) is 4.79 Å². The number of carbonyl (C=O) groups is 1. The highest BCUT2D eigenvalue weighted by molar-refractivity contribution is 7.89. The first kappa shape index (κ1) is 20.0.